The first kappa shape index (κ1) is 18.6. The van der Waals surface area contributed by atoms with Gasteiger partial charge in [0, 0.05) is 6.04 Å². The van der Waals surface area contributed by atoms with E-state index in [-0.39, 0.29) is 17.8 Å². The van der Waals surface area contributed by atoms with Crippen LogP contribution in [-0.4, -0.2) is 32.2 Å². The van der Waals surface area contributed by atoms with E-state index in [9.17, 15) is 9.18 Å². The quantitative estimate of drug-likeness (QED) is 0.644. The second-order valence-electron chi connectivity index (χ2n) is 6.97. The van der Waals surface area contributed by atoms with Gasteiger partial charge in [-0.1, -0.05) is 30.0 Å². The summed E-state index contributed by atoms with van der Waals surface area (Å²) in [4.78, 5) is 12.8. The molecular weight excluding hydrogens is 377 g/mol. The summed E-state index contributed by atoms with van der Waals surface area (Å²) >= 11 is 1.26. The summed E-state index contributed by atoms with van der Waals surface area (Å²) in [5, 5.41) is 15.0. The number of amides is 1. The molecule has 1 saturated carbocycles. The molecule has 1 atom stereocenters. The van der Waals surface area contributed by atoms with Gasteiger partial charge in [0.2, 0.25) is 11.1 Å². The summed E-state index contributed by atoms with van der Waals surface area (Å²) in [6.45, 7) is 4.07. The number of carbonyl (C=O) groups is 1. The van der Waals surface area contributed by atoms with Gasteiger partial charge in [0.25, 0.3) is 0 Å². The summed E-state index contributed by atoms with van der Waals surface area (Å²) in [5.74, 6) is -0.455. The Kier molecular flexibility index (Phi) is 5.13. The molecule has 1 aliphatic carbocycles. The van der Waals surface area contributed by atoms with Gasteiger partial charge in [-0.3, -0.25) is 4.79 Å². The number of nitrogens with zero attached hydrogens (tertiary/aromatic N) is 4. The lowest BCUT2D eigenvalue weighted by molar-refractivity contribution is -0.120. The molecule has 4 rings (SSSR count). The fraction of sp³-hybridized carbons (Fsp3) is 0.300. The van der Waals surface area contributed by atoms with Crippen molar-refractivity contribution in [1.29, 1.82) is 0 Å². The predicted octanol–water partition coefficient (Wildman–Crippen LogP) is 3.53. The van der Waals surface area contributed by atoms with Gasteiger partial charge in [-0.2, -0.15) is 4.68 Å². The van der Waals surface area contributed by atoms with Crippen molar-refractivity contribution in [1.82, 2.24) is 25.5 Å². The second-order valence-corrected chi connectivity index (χ2v) is 8.05. The van der Waals surface area contributed by atoms with E-state index in [1.165, 1.54) is 29.5 Å². The molecule has 0 radical (unpaired) electrons. The van der Waals surface area contributed by atoms with E-state index in [1.54, 1.807) is 16.8 Å². The van der Waals surface area contributed by atoms with Crippen LogP contribution < -0.4 is 5.32 Å². The summed E-state index contributed by atoms with van der Waals surface area (Å²) in [5.41, 5.74) is 3.85. The molecule has 3 aromatic rings. The Hall–Kier alpha value is -2.74. The molecule has 1 N–H and O–H groups in total. The first-order chi connectivity index (χ1) is 13.5. The maximum atomic E-state index is 13.4. The Bertz CT molecular complexity index is 1000. The number of thioether (sulfide) groups is 1. The molecule has 0 bridgehead atoms. The number of carbonyl (C=O) groups excluding carboxylic acids is 1. The summed E-state index contributed by atoms with van der Waals surface area (Å²) in [7, 11) is 0. The third-order valence-corrected chi connectivity index (χ3v) is 5.92. The van der Waals surface area contributed by atoms with Gasteiger partial charge >= 0.3 is 0 Å². The van der Waals surface area contributed by atoms with Crippen LogP contribution in [0.3, 0.4) is 0 Å². The Morgan fingerprint density at radius 1 is 1.18 bits per heavy atom. The van der Waals surface area contributed by atoms with Crippen LogP contribution in [0.5, 0.6) is 0 Å². The van der Waals surface area contributed by atoms with Crippen molar-refractivity contribution in [2.75, 3.05) is 0 Å². The Labute approximate surface area is 166 Å². The van der Waals surface area contributed by atoms with Crippen molar-refractivity contribution in [2.45, 2.75) is 43.1 Å². The molecule has 0 saturated heterocycles. The molecule has 1 aliphatic rings. The number of nitrogens with one attached hydrogen (secondary N) is 1. The predicted molar refractivity (Wildman–Crippen MR) is 105 cm³/mol. The molecule has 1 aromatic heterocycles. The third-order valence-electron chi connectivity index (χ3n) is 4.73. The normalized spacial score (nSPS) is 14.7. The van der Waals surface area contributed by atoms with Crippen molar-refractivity contribution >= 4 is 17.7 Å². The fourth-order valence-corrected chi connectivity index (χ4v) is 3.80. The zero-order valence-electron chi connectivity index (χ0n) is 15.6. The smallest absolute Gasteiger partial charge is 0.238 e. The maximum Gasteiger partial charge on any atom is 0.238 e. The van der Waals surface area contributed by atoms with Gasteiger partial charge in [-0.05, 0) is 78.1 Å². The van der Waals surface area contributed by atoms with Crippen molar-refractivity contribution in [2.24, 2.45) is 0 Å². The van der Waals surface area contributed by atoms with Gasteiger partial charge in [-0.15, -0.1) is 5.10 Å². The van der Waals surface area contributed by atoms with Crippen molar-refractivity contribution in [3.63, 3.8) is 0 Å². The van der Waals surface area contributed by atoms with Gasteiger partial charge in [0.1, 0.15) is 11.1 Å². The Morgan fingerprint density at radius 2 is 1.93 bits per heavy atom. The van der Waals surface area contributed by atoms with E-state index in [0.717, 1.165) is 24.1 Å². The lowest BCUT2D eigenvalue weighted by atomic mass is 10.1. The molecule has 6 nitrogen and oxygen atoms in total. The van der Waals surface area contributed by atoms with E-state index >= 15 is 0 Å². The first-order valence-corrected chi connectivity index (χ1v) is 9.98. The van der Waals surface area contributed by atoms with Crippen LogP contribution in [0, 0.1) is 19.7 Å². The van der Waals surface area contributed by atoms with Crippen LogP contribution >= 0.6 is 11.8 Å². The Morgan fingerprint density at radius 3 is 2.61 bits per heavy atom. The molecular formula is C20H20FN5OS. The van der Waals surface area contributed by atoms with Crippen LogP contribution in [0.4, 0.5) is 4.39 Å². The minimum atomic E-state index is -0.572. The zero-order chi connectivity index (χ0) is 19.7. The van der Waals surface area contributed by atoms with Crippen molar-refractivity contribution in [3.8, 4) is 5.69 Å². The molecule has 1 amide bonds. The highest BCUT2D eigenvalue weighted by Gasteiger charge is 2.30. The molecule has 0 aliphatic heterocycles. The molecule has 2 aromatic carbocycles. The topological polar surface area (TPSA) is 72.7 Å². The minimum Gasteiger partial charge on any atom is -0.352 e. The number of aromatic nitrogens is 4. The van der Waals surface area contributed by atoms with Crippen LogP contribution in [0.2, 0.25) is 0 Å². The van der Waals surface area contributed by atoms with Gasteiger partial charge in [0.15, 0.2) is 0 Å². The van der Waals surface area contributed by atoms with Crippen molar-refractivity contribution < 1.29 is 9.18 Å². The lowest BCUT2D eigenvalue weighted by Gasteiger charge is -2.16. The Balaban J connectivity index is 1.65. The second kappa shape index (κ2) is 7.71. The lowest BCUT2D eigenvalue weighted by Crippen LogP contribution is -2.30. The molecule has 8 heteroatoms. The molecule has 144 valence electrons. The number of halogens is 1. The first-order valence-electron chi connectivity index (χ1n) is 9.10. The fourth-order valence-electron chi connectivity index (χ4n) is 2.79. The molecule has 1 heterocycles. The van der Waals surface area contributed by atoms with Gasteiger partial charge < -0.3 is 5.32 Å². The summed E-state index contributed by atoms with van der Waals surface area (Å²) in [6, 6.07) is 12.2. The van der Waals surface area contributed by atoms with Crippen LogP contribution in [0.1, 0.15) is 34.8 Å². The number of hydrogen-bond donors (Lipinski definition) is 1. The third kappa shape index (κ3) is 4.06. The van der Waals surface area contributed by atoms with E-state index < -0.39 is 5.25 Å². The van der Waals surface area contributed by atoms with Crippen LogP contribution in [0.15, 0.2) is 47.6 Å². The summed E-state index contributed by atoms with van der Waals surface area (Å²) < 4.78 is 15.0. The standard InChI is InChI=1S/C20H20FN5OS/c1-12-3-10-17(11-13(12)2)26-20(23-24-25-26)28-18(19(27)22-16-8-9-16)14-4-6-15(21)7-5-14/h3-7,10-11,16,18H,8-9H2,1-2H3,(H,22,27). The van der Waals surface area contributed by atoms with Crippen molar-refractivity contribution in [3.05, 3.63) is 65.0 Å². The number of aryl methyl sites for hydroxylation is 2. The highest BCUT2D eigenvalue weighted by atomic mass is 32.2. The monoisotopic (exact) mass is 397 g/mol. The molecule has 0 spiro atoms. The average molecular weight is 397 g/mol. The zero-order valence-corrected chi connectivity index (χ0v) is 16.4. The SMILES string of the molecule is Cc1ccc(-n2nnnc2SC(C(=O)NC2CC2)c2ccc(F)cc2)cc1C. The van der Waals surface area contributed by atoms with Gasteiger partial charge in [-0.25, -0.2) is 4.39 Å². The van der Waals surface area contributed by atoms with E-state index in [2.05, 4.69) is 20.8 Å². The number of tetrazole rings is 1. The van der Waals surface area contributed by atoms with E-state index in [0.29, 0.717) is 10.7 Å². The molecule has 1 fully saturated rings. The van der Waals surface area contributed by atoms with Crippen LogP contribution in [0.25, 0.3) is 5.69 Å². The van der Waals surface area contributed by atoms with Gasteiger partial charge in [0.05, 0.1) is 5.69 Å². The molecule has 1 unspecified atom stereocenters. The molecule has 28 heavy (non-hydrogen) atoms. The maximum absolute atomic E-state index is 13.4. The highest BCUT2D eigenvalue weighted by Crippen LogP contribution is 2.36. The van der Waals surface area contributed by atoms with Crippen LogP contribution in [-0.2, 0) is 4.79 Å². The minimum absolute atomic E-state index is 0.117. The summed E-state index contributed by atoms with van der Waals surface area (Å²) in [6.07, 6.45) is 1.99. The number of rotatable bonds is 6. The average Bonchev–Trinajstić information content (AvgIpc) is 3.37. The van der Waals surface area contributed by atoms with E-state index in [4.69, 9.17) is 0 Å². The number of benzene rings is 2. The number of hydrogen-bond acceptors (Lipinski definition) is 5. The van der Waals surface area contributed by atoms with E-state index in [1.807, 2.05) is 32.0 Å². The highest BCUT2D eigenvalue weighted by molar-refractivity contribution is 8.00. The largest absolute Gasteiger partial charge is 0.352 e.